The highest BCUT2D eigenvalue weighted by molar-refractivity contribution is 9.11. The molecule has 0 amide bonds. The van der Waals surface area contributed by atoms with Crippen molar-refractivity contribution in [2.24, 2.45) is 0 Å². The fraction of sp³-hybridized carbons (Fsp3) is 0. The van der Waals surface area contributed by atoms with Crippen LogP contribution in [0.3, 0.4) is 0 Å². The van der Waals surface area contributed by atoms with E-state index in [2.05, 4.69) is 115 Å². The molecule has 4 aromatic heterocycles. The van der Waals surface area contributed by atoms with Crippen LogP contribution in [0.5, 0.6) is 0 Å². The summed E-state index contributed by atoms with van der Waals surface area (Å²) in [5, 5.41) is 0. The number of aromatic amines is 2. The molecule has 3 aromatic carbocycles. The van der Waals surface area contributed by atoms with Crippen LogP contribution in [0.25, 0.3) is 66.4 Å². The van der Waals surface area contributed by atoms with Crippen molar-refractivity contribution in [1.29, 1.82) is 0 Å². The van der Waals surface area contributed by atoms with Crippen LogP contribution in [0, 0.1) is 0 Å². The second-order valence-corrected chi connectivity index (χ2v) is 14.1. The van der Waals surface area contributed by atoms with Crippen molar-refractivity contribution in [3.05, 3.63) is 117 Å². The molecule has 0 aliphatic heterocycles. The highest BCUT2D eigenvalue weighted by Crippen LogP contribution is 2.39. The second-order valence-electron chi connectivity index (χ2n) is 9.13. The van der Waals surface area contributed by atoms with Gasteiger partial charge in [0.2, 0.25) is 0 Å². The lowest BCUT2D eigenvalue weighted by Gasteiger charge is -2.06. The van der Waals surface area contributed by atoms with E-state index in [1.807, 2.05) is 36.4 Å². The topological polar surface area (TPSA) is 57.4 Å². The van der Waals surface area contributed by atoms with Crippen molar-refractivity contribution >= 4 is 54.5 Å². The summed E-state index contributed by atoms with van der Waals surface area (Å²) in [5.74, 6) is 1.72. The summed E-state index contributed by atoms with van der Waals surface area (Å²) in [6.07, 6.45) is 0. The van der Waals surface area contributed by atoms with Crippen molar-refractivity contribution < 1.29 is 0 Å². The number of hydrogen-bond acceptors (Lipinski definition) is 4. The fourth-order valence-corrected chi connectivity index (χ4v) is 7.36. The first-order valence-corrected chi connectivity index (χ1v) is 15.8. The lowest BCUT2D eigenvalue weighted by Crippen LogP contribution is -1.86. The number of rotatable bonds is 6. The van der Waals surface area contributed by atoms with E-state index in [4.69, 9.17) is 9.97 Å². The van der Waals surface area contributed by atoms with Crippen molar-refractivity contribution in [1.82, 2.24) is 19.9 Å². The van der Waals surface area contributed by atoms with Gasteiger partial charge in [0.25, 0.3) is 0 Å². The Morgan fingerprint density at radius 3 is 1.20 bits per heavy atom. The van der Waals surface area contributed by atoms with E-state index in [-0.39, 0.29) is 0 Å². The molecule has 0 spiro atoms. The van der Waals surface area contributed by atoms with Crippen LogP contribution in [-0.4, -0.2) is 19.9 Å². The summed E-state index contributed by atoms with van der Waals surface area (Å²) in [7, 11) is 0. The fourth-order valence-electron chi connectivity index (χ4n) is 4.69. The Bertz CT molecular complexity index is 1780. The molecule has 40 heavy (non-hydrogen) atoms. The molecule has 0 atom stereocenters. The SMILES string of the molecule is Brc1ccc(-c2nc(-c3ccccc3)c(-c3ccc(-c4[nH]c(-c5ccc(Br)s5)nc4-c4ccccc4)cc3)[nH]2)s1. The van der Waals surface area contributed by atoms with E-state index in [0.29, 0.717) is 0 Å². The van der Waals surface area contributed by atoms with E-state index in [9.17, 15) is 0 Å². The van der Waals surface area contributed by atoms with Crippen molar-refractivity contribution in [3.8, 4) is 66.4 Å². The molecule has 0 fully saturated rings. The van der Waals surface area contributed by atoms with Gasteiger partial charge in [0, 0.05) is 22.3 Å². The van der Waals surface area contributed by atoms with Gasteiger partial charge in [0.1, 0.15) is 11.6 Å². The Labute approximate surface area is 256 Å². The second kappa shape index (κ2) is 10.8. The first kappa shape index (κ1) is 25.4. The Hall–Kier alpha value is -3.56. The van der Waals surface area contributed by atoms with Gasteiger partial charge in [-0.2, -0.15) is 0 Å². The molecule has 0 bridgehead atoms. The molecule has 0 saturated carbocycles. The largest absolute Gasteiger partial charge is 0.337 e. The van der Waals surface area contributed by atoms with Gasteiger partial charge in [-0.15, -0.1) is 22.7 Å². The van der Waals surface area contributed by atoms with Crippen LogP contribution in [-0.2, 0) is 0 Å². The van der Waals surface area contributed by atoms with Crippen LogP contribution in [0.1, 0.15) is 0 Å². The summed E-state index contributed by atoms with van der Waals surface area (Å²) in [4.78, 5) is 19.4. The van der Waals surface area contributed by atoms with Crippen LogP contribution in [0.4, 0.5) is 0 Å². The first-order chi connectivity index (χ1) is 19.6. The monoisotopic (exact) mass is 682 g/mol. The Morgan fingerprint density at radius 1 is 0.450 bits per heavy atom. The minimum atomic E-state index is 0.861. The number of aromatic nitrogens is 4. The molecule has 0 radical (unpaired) electrons. The molecular weight excluding hydrogens is 664 g/mol. The molecule has 7 aromatic rings. The van der Waals surface area contributed by atoms with E-state index < -0.39 is 0 Å². The Balaban J connectivity index is 1.32. The quantitative estimate of drug-likeness (QED) is 0.183. The highest BCUT2D eigenvalue weighted by atomic mass is 79.9. The maximum absolute atomic E-state index is 5.03. The number of halogens is 2. The Kier molecular flexibility index (Phi) is 6.85. The third-order valence-corrected chi connectivity index (χ3v) is 9.84. The molecule has 0 aliphatic rings. The van der Waals surface area contributed by atoms with Crippen LogP contribution >= 0.6 is 54.5 Å². The number of nitrogens with zero attached hydrogens (tertiary/aromatic N) is 2. The number of hydrogen-bond donors (Lipinski definition) is 2. The number of imidazole rings is 2. The number of benzene rings is 3. The summed E-state index contributed by atoms with van der Waals surface area (Å²) < 4.78 is 2.16. The van der Waals surface area contributed by atoms with Gasteiger partial charge in [0.15, 0.2) is 0 Å². The van der Waals surface area contributed by atoms with E-state index in [0.717, 1.165) is 74.0 Å². The maximum atomic E-state index is 5.03. The number of thiophene rings is 2. The molecule has 0 aliphatic carbocycles. The van der Waals surface area contributed by atoms with Crippen molar-refractivity contribution in [3.63, 3.8) is 0 Å². The minimum Gasteiger partial charge on any atom is -0.337 e. The number of H-pyrrole nitrogens is 2. The summed E-state index contributed by atoms with van der Waals surface area (Å²) in [5.41, 5.74) is 8.15. The van der Waals surface area contributed by atoms with E-state index >= 15 is 0 Å². The summed E-state index contributed by atoms with van der Waals surface area (Å²) in [6.45, 7) is 0. The Morgan fingerprint density at radius 2 is 0.850 bits per heavy atom. The zero-order valence-electron chi connectivity index (χ0n) is 20.9. The van der Waals surface area contributed by atoms with Gasteiger partial charge in [0.05, 0.1) is 40.1 Å². The molecule has 2 N–H and O–H groups in total. The number of nitrogens with one attached hydrogen (secondary N) is 2. The molecule has 4 heterocycles. The lowest BCUT2D eigenvalue weighted by atomic mass is 10.0. The predicted octanol–water partition coefficient (Wildman–Crippen LogP) is 10.8. The minimum absolute atomic E-state index is 0.861. The average molecular weight is 684 g/mol. The average Bonchev–Trinajstić information content (AvgIpc) is 3.80. The standard InChI is InChI=1S/C32H20Br2N4S2/c33-25-17-15-23(39-25)31-35-27(19-7-3-1-4-8-19)29(37-31)21-11-13-22(14-12-21)30-28(20-9-5-2-6-10-20)36-32(38-30)24-16-18-26(34)40-24/h1-18H,(H,35,37)(H,36,38). The van der Waals surface area contributed by atoms with Gasteiger partial charge in [-0.05, 0) is 56.1 Å². The molecule has 4 nitrogen and oxygen atoms in total. The maximum Gasteiger partial charge on any atom is 0.148 e. The smallest absolute Gasteiger partial charge is 0.148 e. The van der Waals surface area contributed by atoms with Crippen LogP contribution in [0.2, 0.25) is 0 Å². The molecule has 8 heteroatoms. The van der Waals surface area contributed by atoms with Gasteiger partial charge in [-0.1, -0.05) is 84.9 Å². The van der Waals surface area contributed by atoms with Gasteiger partial charge in [-0.25, -0.2) is 9.97 Å². The van der Waals surface area contributed by atoms with Crippen LogP contribution < -0.4 is 0 Å². The third kappa shape index (κ3) is 4.92. The zero-order valence-corrected chi connectivity index (χ0v) is 25.7. The molecule has 0 unspecified atom stereocenters. The predicted molar refractivity (Wildman–Crippen MR) is 175 cm³/mol. The molecule has 0 saturated heterocycles. The zero-order chi connectivity index (χ0) is 27.1. The molecule has 7 rings (SSSR count). The van der Waals surface area contributed by atoms with Crippen molar-refractivity contribution in [2.75, 3.05) is 0 Å². The normalized spacial score (nSPS) is 11.2. The van der Waals surface area contributed by atoms with E-state index in [1.54, 1.807) is 22.7 Å². The van der Waals surface area contributed by atoms with Gasteiger partial charge in [-0.3, -0.25) is 0 Å². The van der Waals surface area contributed by atoms with Crippen molar-refractivity contribution in [2.45, 2.75) is 0 Å². The van der Waals surface area contributed by atoms with Gasteiger partial charge >= 0.3 is 0 Å². The molecular formula is C32H20Br2N4S2. The summed E-state index contributed by atoms with van der Waals surface area (Å²) in [6, 6.07) is 37.5. The molecule has 194 valence electrons. The van der Waals surface area contributed by atoms with Crippen LogP contribution in [0.15, 0.2) is 117 Å². The van der Waals surface area contributed by atoms with Gasteiger partial charge < -0.3 is 9.97 Å². The first-order valence-electron chi connectivity index (χ1n) is 12.6. The lowest BCUT2D eigenvalue weighted by molar-refractivity contribution is 1.32. The summed E-state index contributed by atoms with van der Waals surface area (Å²) >= 11 is 10.5. The third-order valence-electron chi connectivity index (χ3n) is 6.58. The van der Waals surface area contributed by atoms with E-state index in [1.165, 1.54) is 0 Å². The highest BCUT2D eigenvalue weighted by Gasteiger charge is 2.19.